The summed E-state index contributed by atoms with van der Waals surface area (Å²) in [6.45, 7) is 8.49. The minimum Gasteiger partial charge on any atom is -0.339 e. The second-order valence-corrected chi connectivity index (χ2v) is 8.06. The number of rotatable bonds is 5. The monoisotopic (exact) mass is 378 g/mol. The quantitative estimate of drug-likeness (QED) is 0.762. The third-order valence-electron chi connectivity index (χ3n) is 5.53. The van der Waals surface area contributed by atoms with E-state index in [0.717, 1.165) is 31.5 Å². The van der Waals surface area contributed by atoms with Crippen molar-refractivity contribution in [3.8, 4) is 0 Å². The zero-order valence-electron chi connectivity index (χ0n) is 17.1. The van der Waals surface area contributed by atoms with E-state index in [1.807, 2.05) is 54.0 Å². The molecule has 3 rings (SSSR count). The molecule has 1 heterocycles. The summed E-state index contributed by atoms with van der Waals surface area (Å²) in [4.78, 5) is 29.5. The van der Waals surface area contributed by atoms with Gasteiger partial charge in [-0.2, -0.15) is 0 Å². The Labute approximate surface area is 168 Å². The van der Waals surface area contributed by atoms with Gasteiger partial charge in [0.2, 0.25) is 0 Å². The average molecular weight is 379 g/mol. The molecule has 0 aliphatic carbocycles. The van der Waals surface area contributed by atoms with Crippen LogP contribution in [0, 0.1) is 5.92 Å². The maximum atomic E-state index is 13.0. The minimum absolute atomic E-state index is 0.00958. The topological polar surface area (TPSA) is 40.6 Å². The van der Waals surface area contributed by atoms with Crippen LogP contribution in [0.5, 0.6) is 0 Å². The molecule has 0 radical (unpaired) electrons. The van der Waals surface area contributed by atoms with E-state index in [2.05, 4.69) is 6.92 Å². The van der Waals surface area contributed by atoms with Gasteiger partial charge in [0, 0.05) is 36.8 Å². The number of piperidine rings is 1. The molecule has 1 saturated heterocycles. The minimum atomic E-state index is -0.00958. The van der Waals surface area contributed by atoms with Gasteiger partial charge in [0.1, 0.15) is 0 Å². The van der Waals surface area contributed by atoms with E-state index in [9.17, 15) is 9.59 Å². The number of nitrogens with zero attached hydrogens (tertiary/aromatic N) is 2. The Hall–Kier alpha value is -2.62. The molecule has 0 spiro atoms. The number of benzene rings is 2. The first-order valence-electron chi connectivity index (χ1n) is 10.2. The van der Waals surface area contributed by atoms with Gasteiger partial charge in [0.15, 0.2) is 0 Å². The Bertz CT molecular complexity index is 791. The lowest BCUT2D eigenvalue weighted by atomic mass is 9.98. The van der Waals surface area contributed by atoms with E-state index >= 15 is 0 Å². The summed E-state index contributed by atoms with van der Waals surface area (Å²) >= 11 is 0. The van der Waals surface area contributed by atoms with Gasteiger partial charge in [-0.25, -0.2) is 0 Å². The van der Waals surface area contributed by atoms with Crippen molar-refractivity contribution in [1.82, 2.24) is 9.80 Å². The summed E-state index contributed by atoms with van der Waals surface area (Å²) in [5.41, 5.74) is 2.38. The molecule has 0 atom stereocenters. The first-order valence-corrected chi connectivity index (χ1v) is 10.2. The molecule has 28 heavy (non-hydrogen) atoms. The highest BCUT2D eigenvalue weighted by atomic mass is 16.2. The number of carbonyl (C=O) groups excluding carboxylic acids is 2. The highest BCUT2D eigenvalue weighted by Crippen LogP contribution is 2.19. The Morgan fingerprint density at radius 1 is 0.964 bits per heavy atom. The zero-order chi connectivity index (χ0) is 20.1. The van der Waals surface area contributed by atoms with Crippen molar-refractivity contribution < 1.29 is 9.59 Å². The van der Waals surface area contributed by atoms with Crippen molar-refractivity contribution in [3.63, 3.8) is 0 Å². The maximum Gasteiger partial charge on any atom is 0.254 e. The van der Waals surface area contributed by atoms with Crippen LogP contribution in [0.25, 0.3) is 0 Å². The molecule has 2 amide bonds. The van der Waals surface area contributed by atoms with E-state index in [-0.39, 0.29) is 17.9 Å². The molecule has 4 heteroatoms. The lowest BCUT2D eigenvalue weighted by molar-refractivity contribution is 0.0681. The van der Waals surface area contributed by atoms with Gasteiger partial charge in [-0.1, -0.05) is 37.3 Å². The largest absolute Gasteiger partial charge is 0.339 e. The van der Waals surface area contributed by atoms with Crippen LogP contribution in [0.3, 0.4) is 0 Å². The molecule has 1 aliphatic heterocycles. The summed E-state index contributed by atoms with van der Waals surface area (Å²) < 4.78 is 0. The van der Waals surface area contributed by atoms with Crippen LogP contribution in [0.2, 0.25) is 0 Å². The van der Waals surface area contributed by atoms with Crippen LogP contribution in [-0.2, 0) is 6.54 Å². The third-order valence-corrected chi connectivity index (χ3v) is 5.53. The predicted octanol–water partition coefficient (Wildman–Crippen LogP) is 4.61. The van der Waals surface area contributed by atoms with Gasteiger partial charge < -0.3 is 9.80 Å². The Kier molecular flexibility index (Phi) is 6.50. The zero-order valence-corrected chi connectivity index (χ0v) is 17.1. The second kappa shape index (κ2) is 9.05. The Morgan fingerprint density at radius 2 is 1.54 bits per heavy atom. The van der Waals surface area contributed by atoms with Gasteiger partial charge in [-0.05, 0) is 62.4 Å². The van der Waals surface area contributed by atoms with Crippen molar-refractivity contribution in [2.24, 2.45) is 5.92 Å². The smallest absolute Gasteiger partial charge is 0.254 e. The number of hydrogen-bond acceptors (Lipinski definition) is 2. The summed E-state index contributed by atoms with van der Waals surface area (Å²) in [6, 6.07) is 17.2. The highest BCUT2D eigenvalue weighted by molar-refractivity contribution is 5.98. The second-order valence-electron chi connectivity index (χ2n) is 8.06. The van der Waals surface area contributed by atoms with Crippen molar-refractivity contribution in [3.05, 3.63) is 71.3 Å². The molecule has 0 bridgehead atoms. The molecular weight excluding hydrogens is 348 g/mol. The molecule has 148 valence electrons. The fraction of sp³-hybridized carbons (Fsp3) is 0.417. The van der Waals surface area contributed by atoms with E-state index in [1.165, 1.54) is 0 Å². The Morgan fingerprint density at radius 3 is 2.11 bits per heavy atom. The van der Waals surface area contributed by atoms with Crippen molar-refractivity contribution in [2.75, 3.05) is 13.1 Å². The van der Waals surface area contributed by atoms with Gasteiger partial charge >= 0.3 is 0 Å². The molecule has 2 aromatic carbocycles. The van der Waals surface area contributed by atoms with E-state index in [1.54, 1.807) is 24.3 Å². The highest BCUT2D eigenvalue weighted by Gasteiger charge is 2.23. The van der Waals surface area contributed by atoms with Crippen LogP contribution < -0.4 is 0 Å². The fourth-order valence-electron chi connectivity index (χ4n) is 3.58. The van der Waals surface area contributed by atoms with E-state index in [4.69, 9.17) is 0 Å². The van der Waals surface area contributed by atoms with Crippen LogP contribution >= 0.6 is 0 Å². The summed E-state index contributed by atoms with van der Waals surface area (Å²) in [5.74, 6) is 0.747. The van der Waals surface area contributed by atoms with Gasteiger partial charge in [0.25, 0.3) is 11.8 Å². The SMILES string of the molecule is CC1CCN(C(=O)c2ccc(C(=O)N(Cc3ccccc3)C(C)C)cc2)CC1. The number of hydrogen-bond donors (Lipinski definition) is 0. The molecule has 1 aliphatic rings. The van der Waals surface area contributed by atoms with Crippen molar-refractivity contribution in [2.45, 2.75) is 46.2 Å². The summed E-state index contributed by atoms with van der Waals surface area (Å²) in [5, 5.41) is 0. The molecule has 2 aromatic rings. The van der Waals surface area contributed by atoms with Gasteiger partial charge in [-0.15, -0.1) is 0 Å². The van der Waals surface area contributed by atoms with Crippen LogP contribution in [0.15, 0.2) is 54.6 Å². The van der Waals surface area contributed by atoms with Gasteiger partial charge in [0.05, 0.1) is 0 Å². The fourth-order valence-corrected chi connectivity index (χ4v) is 3.58. The number of carbonyl (C=O) groups is 2. The van der Waals surface area contributed by atoms with Crippen LogP contribution in [0.1, 0.15) is 59.9 Å². The average Bonchev–Trinajstić information content (AvgIpc) is 2.72. The predicted molar refractivity (Wildman–Crippen MR) is 112 cm³/mol. The summed E-state index contributed by atoms with van der Waals surface area (Å²) in [7, 11) is 0. The lowest BCUT2D eigenvalue weighted by Gasteiger charge is -2.30. The van der Waals surface area contributed by atoms with Crippen molar-refractivity contribution in [1.29, 1.82) is 0 Å². The molecule has 0 aromatic heterocycles. The molecule has 1 fully saturated rings. The normalized spacial score (nSPS) is 14.9. The number of amides is 2. The first-order chi connectivity index (χ1) is 13.5. The molecule has 4 nitrogen and oxygen atoms in total. The molecule has 0 unspecified atom stereocenters. The van der Waals surface area contributed by atoms with Crippen LogP contribution in [-0.4, -0.2) is 40.7 Å². The molecular formula is C24H30N2O2. The Balaban J connectivity index is 1.70. The standard InChI is InChI=1S/C24H30N2O2/c1-18(2)26(17-20-7-5-4-6-8-20)24(28)22-11-9-21(10-12-22)23(27)25-15-13-19(3)14-16-25/h4-12,18-19H,13-17H2,1-3H3. The summed E-state index contributed by atoms with van der Waals surface area (Å²) in [6.07, 6.45) is 2.12. The van der Waals surface area contributed by atoms with Gasteiger partial charge in [-0.3, -0.25) is 9.59 Å². The van der Waals surface area contributed by atoms with E-state index in [0.29, 0.717) is 23.6 Å². The van der Waals surface area contributed by atoms with E-state index < -0.39 is 0 Å². The molecule has 0 N–H and O–H groups in total. The van der Waals surface area contributed by atoms with Crippen LogP contribution in [0.4, 0.5) is 0 Å². The lowest BCUT2D eigenvalue weighted by Crippen LogP contribution is -2.38. The van der Waals surface area contributed by atoms with Crippen molar-refractivity contribution >= 4 is 11.8 Å². The molecule has 0 saturated carbocycles. The first kappa shape index (κ1) is 20.1. The maximum absolute atomic E-state index is 13.0. The number of likely N-dealkylation sites (tertiary alicyclic amines) is 1. The third kappa shape index (κ3) is 4.80.